The number of thiocarbonyl (C=S) groups is 1. The summed E-state index contributed by atoms with van der Waals surface area (Å²) in [7, 11) is 0. The van der Waals surface area contributed by atoms with Crippen molar-refractivity contribution in [3.8, 4) is 0 Å². The van der Waals surface area contributed by atoms with Gasteiger partial charge < -0.3 is 15.5 Å². The summed E-state index contributed by atoms with van der Waals surface area (Å²) in [5.74, 6) is 0.199. The zero-order valence-electron chi connectivity index (χ0n) is 15.5. The second-order valence-corrected chi connectivity index (χ2v) is 7.28. The fourth-order valence-corrected chi connectivity index (χ4v) is 3.61. The third-order valence-electron chi connectivity index (χ3n) is 4.76. The van der Waals surface area contributed by atoms with Gasteiger partial charge >= 0.3 is 0 Å². The molecule has 0 aliphatic carbocycles. The molecule has 0 bridgehead atoms. The third kappa shape index (κ3) is 4.22. The number of hydrogen-bond donors (Lipinski definition) is 2. The molecule has 0 saturated carbocycles. The summed E-state index contributed by atoms with van der Waals surface area (Å²) in [5, 5.41) is 7.15. The Bertz CT molecular complexity index is 817. The minimum atomic E-state index is 0.122. The Morgan fingerprint density at radius 3 is 2.54 bits per heavy atom. The van der Waals surface area contributed by atoms with Crippen molar-refractivity contribution in [2.24, 2.45) is 0 Å². The van der Waals surface area contributed by atoms with Crippen molar-refractivity contribution in [3.05, 3.63) is 59.2 Å². The number of rotatable bonds is 4. The van der Waals surface area contributed by atoms with Gasteiger partial charge in [-0.1, -0.05) is 23.8 Å². The minimum absolute atomic E-state index is 0.122. The highest BCUT2D eigenvalue weighted by molar-refractivity contribution is 7.80. The zero-order chi connectivity index (χ0) is 18.7. The number of nitrogens with one attached hydrogen (secondary N) is 2. The molecule has 26 heavy (non-hydrogen) atoms. The molecule has 2 N–H and O–H groups in total. The van der Waals surface area contributed by atoms with Gasteiger partial charge in [-0.05, 0) is 74.8 Å². The number of hydrogen-bond acceptors (Lipinski definition) is 2. The first-order valence-electron chi connectivity index (χ1n) is 8.99. The van der Waals surface area contributed by atoms with E-state index in [0.717, 1.165) is 24.3 Å². The number of amides is 1. The number of aryl methyl sites for hydroxylation is 2. The molecule has 1 saturated heterocycles. The Hall–Kier alpha value is -2.40. The van der Waals surface area contributed by atoms with Crippen LogP contribution in [0.2, 0.25) is 0 Å². The number of carbonyl (C=O) groups excluding carboxylic acids is 1. The maximum Gasteiger partial charge on any atom is 0.227 e. The summed E-state index contributed by atoms with van der Waals surface area (Å²) in [6.07, 6.45) is 1.58. The Morgan fingerprint density at radius 2 is 1.88 bits per heavy atom. The predicted octanol–water partition coefficient (Wildman–Crippen LogP) is 4.48. The van der Waals surface area contributed by atoms with Crippen molar-refractivity contribution in [1.29, 1.82) is 0 Å². The van der Waals surface area contributed by atoms with Crippen molar-refractivity contribution in [3.63, 3.8) is 0 Å². The monoisotopic (exact) mass is 367 g/mol. The van der Waals surface area contributed by atoms with E-state index in [9.17, 15) is 4.79 Å². The molecular weight excluding hydrogens is 342 g/mol. The fourth-order valence-electron chi connectivity index (χ4n) is 3.31. The number of nitrogens with zero attached hydrogens (tertiary/aromatic N) is 1. The molecule has 1 aliphatic rings. The molecular formula is C21H25N3OS. The van der Waals surface area contributed by atoms with Crippen molar-refractivity contribution < 1.29 is 4.79 Å². The van der Waals surface area contributed by atoms with Crippen molar-refractivity contribution >= 4 is 34.6 Å². The van der Waals surface area contributed by atoms with Gasteiger partial charge in [0, 0.05) is 24.3 Å². The summed E-state index contributed by atoms with van der Waals surface area (Å²) in [4.78, 5) is 13.7. The van der Waals surface area contributed by atoms with E-state index in [-0.39, 0.29) is 11.9 Å². The van der Waals surface area contributed by atoms with E-state index in [2.05, 4.69) is 49.6 Å². The highest BCUT2D eigenvalue weighted by Gasteiger charge is 2.21. The molecule has 136 valence electrons. The van der Waals surface area contributed by atoms with Crippen molar-refractivity contribution in [2.45, 2.75) is 39.7 Å². The lowest BCUT2D eigenvalue weighted by Crippen LogP contribution is -2.31. The third-order valence-corrected chi connectivity index (χ3v) is 4.98. The van der Waals surface area contributed by atoms with Crippen LogP contribution in [0.15, 0.2) is 42.5 Å². The molecule has 1 amide bonds. The van der Waals surface area contributed by atoms with Gasteiger partial charge in [0.1, 0.15) is 0 Å². The summed E-state index contributed by atoms with van der Waals surface area (Å²) in [6, 6.07) is 14.4. The normalized spacial score (nSPS) is 15.0. The summed E-state index contributed by atoms with van der Waals surface area (Å²) >= 11 is 5.46. The standard InChI is InChI=1S/C21H25N3OS/c1-14-6-7-15(2)19(13-14)16(3)22-21(26)23-17-8-10-18(11-9-17)24-12-4-5-20(24)25/h6-11,13,16H,4-5,12H2,1-3H3,(H2,22,23,26)/t16-/m0/s1. The van der Waals surface area contributed by atoms with E-state index in [1.165, 1.54) is 16.7 Å². The molecule has 0 unspecified atom stereocenters. The van der Waals surface area contributed by atoms with Gasteiger partial charge in [-0.3, -0.25) is 4.79 Å². The van der Waals surface area contributed by atoms with Gasteiger partial charge in [-0.2, -0.15) is 0 Å². The van der Waals surface area contributed by atoms with Crippen LogP contribution in [-0.4, -0.2) is 17.6 Å². The van der Waals surface area contributed by atoms with E-state index < -0.39 is 0 Å². The second kappa shape index (κ2) is 7.87. The largest absolute Gasteiger partial charge is 0.356 e. The Kier molecular flexibility index (Phi) is 5.57. The molecule has 0 spiro atoms. The zero-order valence-corrected chi connectivity index (χ0v) is 16.3. The van der Waals surface area contributed by atoms with E-state index in [0.29, 0.717) is 11.5 Å². The lowest BCUT2D eigenvalue weighted by Gasteiger charge is -2.20. The molecule has 2 aromatic rings. The van der Waals surface area contributed by atoms with Gasteiger partial charge in [0.15, 0.2) is 5.11 Å². The van der Waals surface area contributed by atoms with Crippen LogP contribution in [0.5, 0.6) is 0 Å². The average Bonchev–Trinajstić information content (AvgIpc) is 3.03. The Balaban J connectivity index is 1.61. The molecule has 0 aromatic heterocycles. The van der Waals surface area contributed by atoms with Crippen LogP contribution >= 0.6 is 12.2 Å². The SMILES string of the molecule is Cc1ccc(C)c([C@H](C)NC(=S)Nc2ccc(N3CCCC3=O)cc2)c1. The van der Waals surface area contributed by atoms with Gasteiger partial charge in [-0.25, -0.2) is 0 Å². The summed E-state index contributed by atoms with van der Waals surface area (Å²) < 4.78 is 0. The summed E-state index contributed by atoms with van der Waals surface area (Å²) in [6.45, 7) is 7.12. The molecule has 1 aliphatic heterocycles. The molecule has 0 radical (unpaired) electrons. The van der Waals surface area contributed by atoms with Gasteiger partial charge in [0.25, 0.3) is 0 Å². The van der Waals surface area contributed by atoms with Crippen LogP contribution in [0.4, 0.5) is 11.4 Å². The lowest BCUT2D eigenvalue weighted by atomic mass is 10.0. The Morgan fingerprint density at radius 1 is 1.15 bits per heavy atom. The summed E-state index contributed by atoms with van der Waals surface area (Å²) in [5.41, 5.74) is 5.59. The van der Waals surface area contributed by atoms with E-state index >= 15 is 0 Å². The first-order valence-corrected chi connectivity index (χ1v) is 9.40. The fraction of sp³-hybridized carbons (Fsp3) is 0.333. The van der Waals surface area contributed by atoms with Crippen LogP contribution < -0.4 is 15.5 Å². The van der Waals surface area contributed by atoms with Gasteiger partial charge in [0.05, 0.1) is 6.04 Å². The van der Waals surface area contributed by atoms with Gasteiger partial charge in [-0.15, -0.1) is 0 Å². The Labute approximate surface area is 160 Å². The van der Waals surface area contributed by atoms with E-state index in [1.807, 2.05) is 29.2 Å². The van der Waals surface area contributed by atoms with Crippen LogP contribution in [0.25, 0.3) is 0 Å². The van der Waals surface area contributed by atoms with Crippen molar-refractivity contribution in [1.82, 2.24) is 5.32 Å². The van der Waals surface area contributed by atoms with Crippen molar-refractivity contribution in [2.75, 3.05) is 16.8 Å². The number of anilines is 2. The van der Waals surface area contributed by atoms with Crippen LogP contribution in [-0.2, 0) is 4.79 Å². The van der Waals surface area contributed by atoms with E-state index in [1.54, 1.807) is 0 Å². The first kappa shape index (κ1) is 18.4. The van der Waals surface area contributed by atoms with Crippen LogP contribution in [0.3, 0.4) is 0 Å². The topological polar surface area (TPSA) is 44.4 Å². The predicted molar refractivity (Wildman–Crippen MR) is 112 cm³/mol. The average molecular weight is 368 g/mol. The quantitative estimate of drug-likeness (QED) is 0.782. The molecule has 1 heterocycles. The molecule has 3 rings (SSSR count). The molecule has 1 atom stereocenters. The van der Waals surface area contributed by atoms with Crippen LogP contribution in [0.1, 0.15) is 42.5 Å². The van der Waals surface area contributed by atoms with Gasteiger partial charge in [0.2, 0.25) is 5.91 Å². The molecule has 4 nitrogen and oxygen atoms in total. The number of benzene rings is 2. The number of carbonyl (C=O) groups is 1. The minimum Gasteiger partial charge on any atom is -0.356 e. The first-order chi connectivity index (χ1) is 12.4. The van der Waals surface area contributed by atoms with E-state index in [4.69, 9.17) is 12.2 Å². The second-order valence-electron chi connectivity index (χ2n) is 6.88. The molecule has 5 heteroatoms. The highest BCUT2D eigenvalue weighted by Crippen LogP contribution is 2.23. The highest BCUT2D eigenvalue weighted by atomic mass is 32.1. The van der Waals surface area contributed by atoms with Crippen LogP contribution in [0, 0.1) is 13.8 Å². The smallest absolute Gasteiger partial charge is 0.227 e. The lowest BCUT2D eigenvalue weighted by molar-refractivity contribution is -0.117. The molecule has 2 aromatic carbocycles. The maximum absolute atomic E-state index is 11.8. The molecule has 1 fully saturated rings. The maximum atomic E-state index is 11.8.